The van der Waals surface area contributed by atoms with Crippen molar-refractivity contribution < 1.29 is 5.21 Å². The summed E-state index contributed by atoms with van der Waals surface area (Å²) in [4.78, 5) is 4.07. The molecule has 1 aromatic carbocycles. The minimum Gasteiger partial charge on any atom is -0.411 e. The molecule has 0 amide bonds. The lowest BCUT2D eigenvalue weighted by Crippen LogP contribution is -1.93. The van der Waals surface area contributed by atoms with Gasteiger partial charge in [-0.15, -0.1) is 0 Å². The largest absolute Gasteiger partial charge is 0.411 e. The second-order valence-corrected chi connectivity index (χ2v) is 5.72. The summed E-state index contributed by atoms with van der Waals surface area (Å²) in [5.74, 6) is 0. The predicted octanol–water partition coefficient (Wildman–Crippen LogP) is 3.27. The monoisotopic (exact) mass is 304 g/mol. The first kappa shape index (κ1) is 13.7. The maximum absolute atomic E-state index is 9.06. The zero-order valence-electron chi connectivity index (χ0n) is 12.8. The maximum Gasteiger partial charge on any atom is 0.100 e. The molecule has 3 aromatic rings. The van der Waals surface area contributed by atoms with Gasteiger partial charge in [0.2, 0.25) is 0 Å². The van der Waals surface area contributed by atoms with Gasteiger partial charge in [-0.2, -0.15) is 5.10 Å². The van der Waals surface area contributed by atoms with Gasteiger partial charge >= 0.3 is 0 Å². The number of nitrogens with zero attached hydrogens (tertiary/aromatic N) is 4. The van der Waals surface area contributed by atoms with E-state index in [-0.39, 0.29) is 0 Å². The molecule has 1 N–H and O–H groups in total. The Bertz CT molecular complexity index is 897. The molecule has 2 aromatic heterocycles. The Labute approximate surface area is 133 Å². The molecule has 0 unspecified atom stereocenters. The van der Waals surface area contributed by atoms with Crippen molar-refractivity contribution in [2.24, 2.45) is 12.2 Å². The average molecular weight is 304 g/mol. The first-order valence-electron chi connectivity index (χ1n) is 7.55. The molecule has 23 heavy (non-hydrogen) atoms. The van der Waals surface area contributed by atoms with Crippen molar-refractivity contribution in [3.05, 3.63) is 60.0 Å². The van der Waals surface area contributed by atoms with E-state index in [4.69, 9.17) is 5.21 Å². The van der Waals surface area contributed by atoms with Gasteiger partial charge in [-0.25, -0.2) is 0 Å². The molecule has 0 bridgehead atoms. The van der Waals surface area contributed by atoms with Gasteiger partial charge in [0.1, 0.15) is 5.69 Å². The summed E-state index contributed by atoms with van der Waals surface area (Å²) < 4.78 is 1.83. The van der Waals surface area contributed by atoms with Crippen molar-refractivity contribution in [1.29, 1.82) is 0 Å². The van der Waals surface area contributed by atoms with Crippen LogP contribution in [0.5, 0.6) is 0 Å². The number of rotatable bonds is 2. The molecule has 4 rings (SSSR count). The second kappa shape index (κ2) is 5.35. The molecular weight excluding hydrogens is 288 g/mol. The highest BCUT2D eigenvalue weighted by Crippen LogP contribution is 2.33. The Hall–Kier alpha value is -2.95. The standard InChI is InChI=1S/C18H16N4O/c1-22-11-16(18(20-22)12-6-8-19-9-7-12)14-2-4-15-13(10-14)3-5-17(15)21-23/h2,4,6-11,23H,3,5H2,1H3. The molecule has 0 aliphatic heterocycles. The third kappa shape index (κ3) is 2.30. The van der Waals surface area contributed by atoms with Crippen LogP contribution in [0.1, 0.15) is 17.5 Å². The molecule has 5 nitrogen and oxygen atoms in total. The van der Waals surface area contributed by atoms with E-state index in [1.54, 1.807) is 12.4 Å². The summed E-state index contributed by atoms with van der Waals surface area (Å²) >= 11 is 0. The Morgan fingerprint density at radius 1 is 1.04 bits per heavy atom. The first-order valence-corrected chi connectivity index (χ1v) is 7.55. The molecular formula is C18H16N4O. The van der Waals surface area contributed by atoms with Crippen LogP contribution < -0.4 is 0 Å². The fraction of sp³-hybridized carbons (Fsp3) is 0.167. The number of hydrogen-bond donors (Lipinski definition) is 1. The maximum atomic E-state index is 9.06. The van der Waals surface area contributed by atoms with Crippen LogP contribution in [-0.4, -0.2) is 25.7 Å². The Morgan fingerprint density at radius 2 is 1.87 bits per heavy atom. The lowest BCUT2D eigenvalue weighted by Gasteiger charge is -2.05. The van der Waals surface area contributed by atoms with Crippen molar-refractivity contribution in [2.45, 2.75) is 12.8 Å². The number of pyridine rings is 1. The quantitative estimate of drug-likeness (QED) is 0.584. The molecule has 2 heterocycles. The van der Waals surface area contributed by atoms with Gasteiger partial charge in [-0.3, -0.25) is 9.67 Å². The highest BCUT2D eigenvalue weighted by Gasteiger charge is 2.20. The summed E-state index contributed by atoms with van der Waals surface area (Å²) in [5.41, 5.74) is 7.26. The second-order valence-electron chi connectivity index (χ2n) is 5.72. The molecule has 5 heteroatoms. The number of aromatic nitrogens is 3. The molecule has 1 aliphatic carbocycles. The van der Waals surface area contributed by atoms with Crippen LogP contribution in [0.4, 0.5) is 0 Å². The van der Waals surface area contributed by atoms with E-state index >= 15 is 0 Å². The van der Waals surface area contributed by atoms with Crippen molar-refractivity contribution >= 4 is 5.71 Å². The molecule has 0 radical (unpaired) electrons. The van der Waals surface area contributed by atoms with Crippen LogP contribution >= 0.6 is 0 Å². The van der Waals surface area contributed by atoms with Crippen molar-refractivity contribution in [1.82, 2.24) is 14.8 Å². The van der Waals surface area contributed by atoms with Crippen LogP contribution in [0.25, 0.3) is 22.4 Å². The van der Waals surface area contributed by atoms with Gasteiger partial charge < -0.3 is 5.21 Å². The fourth-order valence-corrected chi connectivity index (χ4v) is 3.16. The lowest BCUT2D eigenvalue weighted by molar-refractivity contribution is 0.318. The Kier molecular flexibility index (Phi) is 3.19. The summed E-state index contributed by atoms with van der Waals surface area (Å²) in [6.45, 7) is 0. The van der Waals surface area contributed by atoms with Crippen LogP contribution in [0, 0.1) is 0 Å². The van der Waals surface area contributed by atoms with Crippen LogP contribution in [0.3, 0.4) is 0 Å². The van der Waals surface area contributed by atoms with E-state index in [9.17, 15) is 0 Å². The molecule has 0 saturated carbocycles. The molecule has 0 atom stereocenters. The normalized spacial score (nSPS) is 15.1. The molecule has 0 spiro atoms. The van der Waals surface area contributed by atoms with Gasteiger partial charge in [-0.05, 0) is 36.1 Å². The van der Waals surface area contributed by atoms with E-state index in [0.717, 1.165) is 46.5 Å². The summed E-state index contributed by atoms with van der Waals surface area (Å²) in [6.07, 6.45) is 7.29. The topological polar surface area (TPSA) is 63.3 Å². The molecule has 114 valence electrons. The van der Waals surface area contributed by atoms with Crippen molar-refractivity contribution in [3.63, 3.8) is 0 Å². The van der Waals surface area contributed by atoms with E-state index in [1.807, 2.05) is 36.1 Å². The molecule has 0 fully saturated rings. The van der Waals surface area contributed by atoms with Gasteiger partial charge in [0, 0.05) is 42.3 Å². The smallest absolute Gasteiger partial charge is 0.100 e. The number of fused-ring (bicyclic) bond motifs is 1. The van der Waals surface area contributed by atoms with E-state index in [0.29, 0.717) is 0 Å². The summed E-state index contributed by atoms with van der Waals surface area (Å²) in [6, 6.07) is 10.2. The minimum absolute atomic E-state index is 0.770. The van der Waals surface area contributed by atoms with Gasteiger partial charge in [0.15, 0.2) is 0 Å². The van der Waals surface area contributed by atoms with Crippen LogP contribution in [0.2, 0.25) is 0 Å². The molecule has 0 saturated heterocycles. The van der Waals surface area contributed by atoms with Gasteiger partial charge in [0.25, 0.3) is 0 Å². The minimum atomic E-state index is 0.770. The van der Waals surface area contributed by atoms with Crippen molar-refractivity contribution in [3.8, 4) is 22.4 Å². The van der Waals surface area contributed by atoms with Crippen LogP contribution in [-0.2, 0) is 13.5 Å². The zero-order valence-corrected chi connectivity index (χ0v) is 12.8. The van der Waals surface area contributed by atoms with Crippen molar-refractivity contribution in [2.75, 3.05) is 0 Å². The predicted molar refractivity (Wildman–Crippen MR) is 88.5 cm³/mol. The van der Waals surface area contributed by atoms with Crippen LogP contribution in [0.15, 0.2) is 54.1 Å². The summed E-state index contributed by atoms with van der Waals surface area (Å²) in [7, 11) is 1.93. The third-order valence-electron chi connectivity index (χ3n) is 4.26. The average Bonchev–Trinajstić information content (AvgIpc) is 3.18. The first-order chi connectivity index (χ1) is 11.3. The number of oxime groups is 1. The Balaban J connectivity index is 1.84. The highest BCUT2D eigenvalue weighted by molar-refractivity contribution is 6.04. The molecule has 1 aliphatic rings. The lowest BCUT2D eigenvalue weighted by atomic mass is 9.98. The van der Waals surface area contributed by atoms with Gasteiger partial charge in [0.05, 0.1) is 5.71 Å². The van der Waals surface area contributed by atoms with Gasteiger partial charge in [-0.1, -0.05) is 23.4 Å². The fourth-order valence-electron chi connectivity index (χ4n) is 3.16. The SMILES string of the molecule is Cn1cc(-c2ccc3c(c2)CCC3=NO)c(-c2ccncc2)n1. The summed E-state index contributed by atoms with van der Waals surface area (Å²) in [5, 5.41) is 17.1. The number of hydrogen-bond acceptors (Lipinski definition) is 4. The van der Waals surface area contributed by atoms with E-state index in [2.05, 4.69) is 27.4 Å². The number of aryl methyl sites for hydroxylation is 2. The highest BCUT2D eigenvalue weighted by atomic mass is 16.4. The third-order valence-corrected chi connectivity index (χ3v) is 4.26. The zero-order chi connectivity index (χ0) is 15.8. The number of benzene rings is 1. The van der Waals surface area contributed by atoms with E-state index < -0.39 is 0 Å². The Morgan fingerprint density at radius 3 is 2.65 bits per heavy atom. The van der Waals surface area contributed by atoms with E-state index in [1.165, 1.54) is 5.56 Å².